The summed E-state index contributed by atoms with van der Waals surface area (Å²) in [5.74, 6) is -1.77. The monoisotopic (exact) mass is 640 g/mol. The number of hydrogen-bond donors (Lipinski definition) is 1. The van der Waals surface area contributed by atoms with E-state index in [2.05, 4.69) is 23.7 Å². The predicted octanol–water partition coefficient (Wildman–Crippen LogP) is 8.98. The topological polar surface area (TPSA) is 78.8 Å². The Morgan fingerprint density at radius 2 is 1.51 bits per heavy atom. The second kappa shape index (κ2) is 14.7. The van der Waals surface area contributed by atoms with Gasteiger partial charge in [-0.05, 0) is 87.6 Å². The lowest BCUT2D eigenvalue weighted by Crippen LogP contribution is -2.45. The second-order valence-electron chi connectivity index (χ2n) is 13.1. The van der Waals surface area contributed by atoms with Crippen LogP contribution < -0.4 is 5.32 Å². The number of carbonyl (C=O) groups is 2. The first-order valence-corrected chi connectivity index (χ1v) is 16.4. The zero-order chi connectivity index (χ0) is 33.7. The number of nitrogens with zero attached hydrogens (tertiary/aromatic N) is 1. The first kappa shape index (κ1) is 34.1. The smallest absolute Gasteiger partial charge is 0.308 e. The molecule has 0 bridgehead atoms. The third-order valence-electron chi connectivity index (χ3n) is 8.15. The number of aromatic nitrogens is 1. The molecule has 0 unspecified atom stereocenters. The maximum atomic E-state index is 14.3. The van der Waals surface area contributed by atoms with Crippen LogP contribution in [0, 0.1) is 5.82 Å². The highest BCUT2D eigenvalue weighted by molar-refractivity contribution is 6.12. The Morgan fingerprint density at radius 3 is 2.13 bits per heavy atom. The van der Waals surface area contributed by atoms with E-state index < -0.39 is 5.79 Å². The average molecular weight is 641 g/mol. The molecule has 1 saturated heterocycles. The van der Waals surface area contributed by atoms with E-state index in [0.717, 1.165) is 28.1 Å². The molecule has 1 fully saturated rings. The van der Waals surface area contributed by atoms with Crippen LogP contribution in [-0.4, -0.2) is 40.5 Å². The SMILES string of the molecule is CC(C)OC(=O)C[C@@H]1C[C@@H](CCn2c(-c3ccc(F)cc3)c(-c3ccccc3)c(C(=O)Nc3ccccc3)c2C(C)C)OC(C)(C)O1. The number of esters is 1. The Hall–Kier alpha value is -4.27. The van der Waals surface area contributed by atoms with Gasteiger partial charge in [-0.1, -0.05) is 62.4 Å². The largest absolute Gasteiger partial charge is 0.463 e. The summed E-state index contributed by atoms with van der Waals surface area (Å²) in [5, 5.41) is 3.12. The van der Waals surface area contributed by atoms with E-state index in [4.69, 9.17) is 14.2 Å². The Morgan fingerprint density at radius 1 is 0.894 bits per heavy atom. The molecule has 0 aliphatic carbocycles. The molecule has 248 valence electrons. The van der Waals surface area contributed by atoms with Crippen LogP contribution in [0.25, 0.3) is 22.4 Å². The van der Waals surface area contributed by atoms with Gasteiger partial charge < -0.3 is 24.1 Å². The number of anilines is 1. The molecule has 47 heavy (non-hydrogen) atoms. The van der Waals surface area contributed by atoms with Crippen molar-refractivity contribution in [2.24, 2.45) is 0 Å². The number of rotatable bonds is 11. The van der Waals surface area contributed by atoms with Crippen LogP contribution in [0.4, 0.5) is 10.1 Å². The van der Waals surface area contributed by atoms with Gasteiger partial charge in [-0.2, -0.15) is 0 Å². The lowest BCUT2D eigenvalue weighted by Gasteiger charge is -2.41. The van der Waals surface area contributed by atoms with Crippen molar-refractivity contribution >= 4 is 17.6 Å². The molecular weight excluding hydrogens is 595 g/mol. The summed E-state index contributed by atoms with van der Waals surface area (Å²) in [4.78, 5) is 26.9. The number of carbonyl (C=O) groups excluding carboxylic acids is 2. The van der Waals surface area contributed by atoms with Gasteiger partial charge in [-0.25, -0.2) is 4.39 Å². The highest BCUT2D eigenvalue weighted by Gasteiger charge is 2.37. The Balaban J connectivity index is 1.60. The summed E-state index contributed by atoms with van der Waals surface area (Å²) in [6, 6.07) is 25.7. The van der Waals surface area contributed by atoms with Crippen molar-refractivity contribution in [3.05, 3.63) is 102 Å². The third kappa shape index (κ3) is 8.37. The van der Waals surface area contributed by atoms with Gasteiger partial charge in [0, 0.05) is 29.9 Å². The van der Waals surface area contributed by atoms with Gasteiger partial charge in [0.15, 0.2) is 5.79 Å². The molecule has 5 rings (SSSR count). The number of benzene rings is 3. The first-order valence-electron chi connectivity index (χ1n) is 16.4. The fraction of sp³-hybridized carbons (Fsp3) is 0.385. The average Bonchev–Trinajstić information content (AvgIpc) is 3.36. The second-order valence-corrected chi connectivity index (χ2v) is 13.1. The van der Waals surface area contributed by atoms with Crippen LogP contribution >= 0.6 is 0 Å². The minimum Gasteiger partial charge on any atom is -0.463 e. The molecular formula is C39H45FN2O5. The minimum atomic E-state index is -0.890. The molecule has 2 atom stereocenters. The Bertz CT molecular complexity index is 1660. The molecule has 1 amide bonds. The molecule has 1 aromatic heterocycles. The Labute approximate surface area is 277 Å². The zero-order valence-corrected chi connectivity index (χ0v) is 28.1. The summed E-state index contributed by atoms with van der Waals surface area (Å²) in [6.45, 7) is 12.1. The van der Waals surface area contributed by atoms with Crippen molar-refractivity contribution in [2.45, 2.75) is 97.4 Å². The molecule has 0 saturated carbocycles. The number of halogens is 1. The van der Waals surface area contributed by atoms with Crippen LogP contribution in [0.1, 0.15) is 82.8 Å². The van der Waals surface area contributed by atoms with Crippen molar-refractivity contribution in [2.75, 3.05) is 5.32 Å². The van der Waals surface area contributed by atoms with Gasteiger partial charge in [0.2, 0.25) is 0 Å². The van der Waals surface area contributed by atoms with Gasteiger partial charge in [-0.3, -0.25) is 9.59 Å². The van der Waals surface area contributed by atoms with Crippen molar-refractivity contribution < 1.29 is 28.2 Å². The van der Waals surface area contributed by atoms with Crippen molar-refractivity contribution in [1.82, 2.24) is 4.57 Å². The molecule has 2 heterocycles. The molecule has 0 radical (unpaired) electrons. The van der Waals surface area contributed by atoms with Gasteiger partial charge in [-0.15, -0.1) is 0 Å². The van der Waals surface area contributed by atoms with Crippen LogP contribution in [0.3, 0.4) is 0 Å². The lowest BCUT2D eigenvalue weighted by atomic mass is 9.94. The van der Waals surface area contributed by atoms with E-state index in [9.17, 15) is 14.0 Å². The van der Waals surface area contributed by atoms with Crippen LogP contribution in [-0.2, 0) is 25.5 Å². The Kier molecular flexibility index (Phi) is 10.6. The molecule has 3 aromatic carbocycles. The zero-order valence-electron chi connectivity index (χ0n) is 28.1. The fourth-order valence-electron chi connectivity index (χ4n) is 6.50. The standard InChI is InChI=1S/C39H45FN2O5/c1-25(2)36-35(38(44)41-30-15-11-8-12-16-30)34(27-13-9-7-10-14-27)37(28-17-19-29(40)20-18-28)42(36)22-21-31-23-32(47-39(5,6)46-31)24-33(43)45-26(3)4/h7-20,25-26,31-32H,21-24H2,1-6H3,(H,41,44)/t31-,32+/m1/s1. The maximum Gasteiger partial charge on any atom is 0.308 e. The van der Waals surface area contributed by atoms with Gasteiger partial charge >= 0.3 is 5.97 Å². The number of nitrogens with one attached hydrogen (secondary N) is 1. The van der Waals surface area contributed by atoms with Gasteiger partial charge in [0.1, 0.15) is 5.82 Å². The summed E-state index contributed by atoms with van der Waals surface area (Å²) >= 11 is 0. The van der Waals surface area contributed by atoms with Gasteiger partial charge in [0.25, 0.3) is 5.91 Å². The number of hydrogen-bond acceptors (Lipinski definition) is 5. The normalized spacial score (nSPS) is 17.6. The highest BCUT2D eigenvalue weighted by atomic mass is 19.1. The van der Waals surface area contributed by atoms with Crippen LogP contribution in [0.15, 0.2) is 84.9 Å². The maximum absolute atomic E-state index is 14.3. The quantitative estimate of drug-likeness (QED) is 0.166. The number of ether oxygens (including phenoxy) is 3. The molecule has 0 spiro atoms. The van der Waals surface area contributed by atoms with E-state index in [1.165, 1.54) is 12.1 Å². The summed E-state index contributed by atoms with van der Waals surface area (Å²) < 4.78 is 34.3. The summed E-state index contributed by atoms with van der Waals surface area (Å²) in [5.41, 5.74) is 5.46. The van der Waals surface area contributed by atoms with Crippen molar-refractivity contribution in [3.8, 4) is 22.4 Å². The summed E-state index contributed by atoms with van der Waals surface area (Å²) in [7, 11) is 0. The van der Waals surface area contributed by atoms with E-state index >= 15 is 0 Å². The van der Waals surface area contributed by atoms with E-state index in [0.29, 0.717) is 30.6 Å². The van der Waals surface area contributed by atoms with Crippen molar-refractivity contribution in [3.63, 3.8) is 0 Å². The van der Waals surface area contributed by atoms with Gasteiger partial charge in [0.05, 0.1) is 36.0 Å². The van der Waals surface area contributed by atoms with E-state index in [-0.39, 0.29) is 48.3 Å². The van der Waals surface area contributed by atoms with E-state index in [1.807, 2.05) is 88.4 Å². The van der Waals surface area contributed by atoms with Crippen LogP contribution in [0.5, 0.6) is 0 Å². The molecule has 1 aliphatic heterocycles. The molecule has 7 nitrogen and oxygen atoms in total. The van der Waals surface area contributed by atoms with Crippen LogP contribution in [0.2, 0.25) is 0 Å². The minimum absolute atomic E-state index is 0.0335. The predicted molar refractivity (Wildman–Crippen MR) is 183 cm³/mol. The molecule has 4 aromatic rings. The molecule has 1 N–H and O–H groups in total. The fourth-order valence-corrected chi connectivity index (χ4v) is 6.50. The molecule has 8 heteroatoms. The van der Waals surface area contributed by atoms with Crippen molar-refractivity contribution in [1.29, 1.82) is 0 Å². The number of amides is 1. The number of para-hydroxylation sites is 1. The highest BCUT2D eigenvalue weighted by Crippen LogP contribution is 2.43. The third-order valence-corrected chi connectivity index (χ3v) is 8.15. The molecule has 1 aliphatic rings. The van der Waals surface area contributed by atoms with E-state index in [1.54, 1.807) is 12.1 Å². The lowest BCUT2D eigenvalue weighted by molar-refractivity contribution is -0.301. The summed E-state index contributed by atoms with van der Waals surface area (Å²) in [6.07, 6.45) is 0.484. The first-order chi connectivity index (χ1) is 22.4.